The molecule has 0 saturated heterocycles. The Balaban J connectivity index is 0.00000323. The molecule has 0 fully saturated rings. The lowest BCUT2D eigenvalue weighted by Gasteiger charge is -2.19. The van der Waals surface area contributed by atoms with Gasteiger partial charge in [-0.25, -0.2) is 4.79 Å². The molecule has 1 aromatic rings. The highest BCUT2D eigenvalue weighted by Gasteiger charge is 2.15. The monoisotopic (exact) mass is 1150 g/mol. The Bertz CT molecular complexity index is 5200. The molecule has 0 atom stereocenters. The maximum absolute atomic E-state index is 11.9. The van der Waals surface area contributed by atoms with Crippen LogP contribution in [0.4, 0.5) is 4.79 Å². The van der Waals surface area contributed by atoms with Crippen LogP contribution < -0.4 is 5.32 Å². The van der Waals surface area contributed by atoms with Gasteiger partial charge in [-0.1, -0.05) is 24.3 Å². The van der Waals surface area contributed by atoms with E-state index in [9.17, 15) is 9.59 Å². The third kappa shape index (κ3) is 60.5. The first-order valence-corrected chi connectivity index (χ1v) is 24.8. The lowest BCUT2D eigenvalue weighted by molar-refractivity contribution is 0.0525. The number of nitrogens with one attached hydrogen (secondary N) is 1. The van der Waals surface area contributed by atoms with Gasteiger partial charge in [-0.15, -0.1) is 24.4 Å². The number of carbonyl (C=O) groups excluding carboxylic acids is 2. The molecule has 0 bridgehead atoms. The number of alkyl halides is 1. The number of rotatable bonds is 6. The quantitative estimate of drug-likeness (QED) is 0.201. The fourth-order valence-electron chi connectivity index (χ4n) is 3.75. The van der Waals surface area contributed by atoms with Gasteiger partial charge in [0.05, 0.1) is 0 Å². The van der Waals surface area contributed by atoms with Crippen molar-refractivity contribution in [3.05, 3.63) is 35.4 Å². The highest BCUT2D eigenvalue weighted by Crippen LogP contribution is 2.10. The van der Waals surface area contributed by atoms with Crippen molar-refractivity contribution in [1.29, 1.82) is 0 Å². The molecule has 398 valence electrons. The number of amides is 1. The second-order valence-corrected chi connectivity index (χ2v) is 14.6. The van der Waals surface area contributed by atoms with Gasteiger partial charge in [-0.05, 0) is 127 Å². The normalized spacial score (nSPS) is 5.56. The van der Waals surface area contributed by atoms with E-state index in [2.05, 4.69) is 408 Å². The number of terminal acetylenes is 2. The summed E-state index contributed by atoms with van der Waals surface area (Å²) in [6, 6.07) is 7.25. The van der Waals surface area contributed by atoms with Crippen molar-refractivity contribution in [2.24, 2.45) is 0 Å². The summed E-state index contributed by atoms with van der Waals surface area (Å²) in [7, 11) is 0. The first-order valence-electron chi connectivity index (χ1n) is 24.3. The van der Waals surface area contributed by atoms with Gasteiger partial charge in [0, 0.05) is 332 Å². The molecule has 91 heavy (non-hydrogen) atoms. The molecule has 0 aliphatic heterocycles. The molecule has 0 aliphatic carbocycles. The third-order valence-corrected chi connectivity index (χ3v) is 7.19. The Morgan fingerprint density at radius 2 is 0.505 bits per heavy atom. The van der Waals surface area contributed by atoms with E-state index < -0.39 is 11.7 Å². The Hall–Kier alpha value is -17.0. The lowest BCUT2D eigenvalue weighted by atomic mass is 10.1. The van der Waals surface area contributed by atoms with Crippen molar-refractivity contribution >= 4 is 23.5 Å². The SMILES string of the molecule is C#CC#CC#CC#CC#CC#CC#CC#CC#CC#CC#CC#CC#CC#CC#CC#CC#CC#CC#CC#CC#CC#CC#CC#CC#CC#CC#CC#CC#CC#CC#CC#CC#CC#CC#C.CC(C)(C)OC(=O)NCCCC(=O)c1ccc(CCl)cc1. The molecule has 0 heterocycles. The molecule has 0 aliphatic rings. The van der Waals surface area contributed by atoms with Crippen LogP contribution in [0.15, 0.2) is 24.3 Å². The summed E-state index contributed by atoms with van der Waals surface area (Å²) in [5.41, 5.74) is 1.14. The summed E-state index contributed by atoms with van der Waals surface area (Å²) >= 11 is 5.70. The summed E-state index contributed by atoms with van der Waals surface area (Å²) in [6.07, 6.45) is 10.4. The Morgan fingerprint density at radius 1 is 0.330 bits per heavy atom. The van der Waals surface area contributed by atoms with Crippen LogP contribution in [0.2, 0.25) is 0 Å². The molecule has 1 aromatic carbocycles. The predicted molar refractivity (Wildman–Crippen MR) is 358 cm³/mol. The Kier molecular flexibility index (Phi) is 49.4. The van der Waals surface area contributed by atoms with Crippen LogP contribution in [-0.2, 0) is 10.6 Å². The minimum atomic E-state index is -0.510. The van der Waals surface area contributed by atoms with Crippen LogP contribution in [0.5, 0.6) is 0 Å². The molecule has 1 amide bonds. The smallest absolute Gasteiger partial charge is 0.407 e. The summed E-state index contributed by atoms with van der Waals surface area (Å²) in [5, 5.41) is 2.63. The summed E-state index contributed by atoms with van der Waals surface area (Å²) in [4.78, 5) is 23.4. The van der Waals surface area contributed by atoms with Crippen LogP contribution in [-0.4, -0.2) is 24.0 Å². The van der Waals surface area contributed by atoms with Gasteiger partial charge in [-0.2, -0.15) is 0 Å². The molecule has 5 heteroatoms. The number of ketones is 1. The van der Waals surface area contributed by atoms with Gasteiger partial charge in [-0.3, -0.25) is 4.79 Å². The van der Waals surface area contributed by atoms with Crippen molar-refractivity contribution in [1.82, 2.24) is 5.32 Å². The minimum Gasteiger partial charge on any atom is -0.444 e. The van der Waals surface area contributed by atoms with Crippen molar-refractivity contribution in [2.75, 3.05) is 6.54 Å². The molecule has 0 saturated carbocycles. The van der Waals surface area contributed by atoms with Crippen LogP contribution in [0, 0.1) is 415 Å². The van der Waals surface area contributed by atoms with E-state index in [0.29, 0.717) is 30.8 Å². The zero-order valence-electron chi connectivity index (χ0n) is 47.9. The fraction of sp³-hybridized carbons (Fsp3) is 0.0930. The van der Waals surface area contributed by atoms with Gasteiger partial charge < -0.3 is 10.1 Å². The Morgan fingerprint density at radius 3 is 0.659 bits per heavy atom. The number of hydrogen-bond donors (Lipinski definition) is 1. The average Bonchev–Trinajstić information content (AvgIpc) is 3.74. The molecule has 4 nitrogen and oxygen atoms in total. The maximum Gasteiger partial charge on any atom is 0.407 e. The third-order valence-electron chi connectivity index (χ3n) is 6.89. The van der Waals surface area contributed by atoms with E-state index in [1.807, 2.05) is 12.1 Å². The number of carbonyl (C=O) groups is 2. The number of hydrogen-bond acceptors (Lipinski definition) is 3. The van der Waals surface area contributed by atoms with Gasteiger partial charge in [0.15, 0.2) is 5.78 Å². The van der Waals surface area contributed by atoms with E-state index in [1.54, 1.807) is 32.9 Å². The number of halogens is 1. The van der Waals surface area contributed by atoms with Crippen LogP contribution in [0.25, 0.3) is 0 Å². The lowest BCUT2D eigenvalue weighted by Crippen LogP contribution is -2.33. The van der Waals surface area contributed by atoms with Gasteiger partial charge >= 0.3 is 6.09 Å². The minimum absolute atomic E-state index is 0.0575. The molecule has 1 N–H and O–H groups in total. The van der Waals surface area contributed by atoms with E-state index in [4.69, 9.17) is 29.2 Å². The summed E-state index contributed by atoms with van der Waals surface area (Å²) in [5.74, 6) is 169. The number of Topliss-reactive ketones (excluding diaryl/α,β-unsaturated/α-hetero) is 1. The number of alkyl carbamates (subject to hydrolysis) is 1. The van der Waals surface area contributed by atoms with Crippen molar-refractivity contribution in [3.63, 3.8) is 0 Å². The van der Waals surface area contributed by atoms with Crippen LogP contribution >= 0.6 is 11.6 Å². The van der Waals surface area contributed by atoms with Crippen molar-refractivity contribution in [2.45, 2.75) is 45.1 Å². The second-order valence-electron chi connectivity index (χ2n) is 14.3. The molecular weight excluding hydrogens is 1130 g/mol. The van der Waals surface area contributed by atoms with E-state index in [1.165, 1.54) is 0 Å². The highest BCUT2D eigenvalue weighted by atomic mass is 35.5. The summed E-state index contributed by atoms with van der Waals surface area (Å²) < 4.78 is 5.11. The highest BCUT2D eigenvalue weighted by molar-refractivity contribution is 6.17. The number of ether oxygens (including phenoxy) is 1. The molecule has 0 spiro atoms. The first-order chi connectivity index (χ1) is 44.7. The Labute approximate surface area is 542 Å². The van der Waals surface area contributed by atoms with Gasteiger partial charge in [0.2, 0.25) is 0 Å². The zero-order chi connectivity index (χ0) is 66.0. The largest absolute Gasteiger partial charge is 0.444 e. The molecule has 0 radical (unpaired) electrons. The standard InChI is InChI=1S/C70H2.C16H22ClNO3/c1-3-5-7-9-11-13-15-17-19-21-23-25-27-29-31-33-35-37-39-41-43-45-47-49-51-53-55-57-59-61-63-65-67-69-70-68-66-64-62-60-58-56-54-52-50-48-46-44-42-40-38-36-34-32-30-28-26-24-22-20-18-16-14-12-10-8-6-4-2;1-16(2,3)21-15(20)18-10-4-5-14(19)13-8-6-12(11-17)7-9-13/h1-2H;6-9H,4-5,10-11H2,1-3H3,(H,18,20). The molecule has 0 aromatic heterocycles. The van der Waals surface area contributed by atoms with E-state index >= 15 is 0 Å². The van der Waals surface area contributed by atoms with Gasteiger partial charge in [0.1, 0.15) is 5.60 Å². The van der Waals surface area contributed by atoms with Crippen LogP contribution in [0.1, 0.15) is 49.5 Å². The van der Waals surface area contributed by atoms with Crippen molar-refractivity contribution in [3.8, 4) is 415 Å². The molecular formula is C86H24ClNO3. The van der Waals surface area contributed by atoms with E-state index in [-0.39, 0.29) is 5.78 Å². The fourth-order valence-corrected chi connectivity index (χ4v) is 3.93. The van der Waals surface area contributed by atoms with E-state index in [0.717, 1.165) is 5.56 Å². The topological polar surface area (TPSA) is 55.4 Å². The average molecular weight is 1150 g/mol. The first kappa shape index (κ1) is 74.0. The van der Waals surface area contributed by atoms with Crippen LogP contribution in [0.3, 0.4) is 0 Å². The number of benzene rings is 1. The zero-order valence-corrected chi connectivity index (χ0v) is 48.7. The van der Waals surface area contributed by atoms with Gasteiger partial charge in [0.25, 0.3) is 0 Å². The molecule has 1 rings (SSSR count). The maximum atomic E-state index is 11.9. The van der Waals surface area contributed by atoms with Crippen molar-refractivity contribution < 1.29 is 14.3 Å². The predicted octanol–water partition coefficient (Wildman–Crippen LogP) is 4.28. The molecule has 0 unspecified atom stereocenters. The summed E-state index contributed by atoms with van der Waals surface area (Å²) in [6.45, 7) is 5.84. The second kappa shape index (κ2) is 60.7.